The molecule has 3 aromatic rings. The number of hydrogen-bond acceptors (Lipinski definition) is 6. The zero-order chi connectivity index (χ0) is 22.0. The number of aryl methyl sites for hydroxylation is 1. The van der Waals surface area contributed by atoms with E-state index in [1.807, 2.05) is 6.92 Å². The Bertz CT molecular complexity index is 1140. The second-order valence-electron chi connectivity index (χ2n) is 7.36. The molecule has 0 aliphatic carbocycles. The molecule has 0 radical (unpaired) electrons. The summed E-state index contributed by atoms with van der Waals surface area (Å²) < 4.78 is 66.6. The summed E-state index contributed by atoms with van der Waals surface area (Å²) >= 11 is 0. The largest absolute Gasteiger partial charge is 0.344 e. The highest BCUT2D eigenvalue weighted by Crippen LogP contribution is 2.36. The first-order chi connectivity index (χ1) is 14.8. The minimum atomic E-state index is -3.57. The van der Waals surface area contributed by atoms with Crippen LogP contribution < -0.4 is 0 Å². The summed E-state index contributed by atoms with van der Waals surface area (Å²) in [5, 5.41) is 3.99. The minimum absolute atomic E-state index is 0.0750. The van der Waals surface area contributed by atoms with Gasteiger partial charge in [-0.15, -0.1) is 0 Å². The van der Waals surface area contributed by atoms with Gasteiger partial charge in [-0.2, -0.15) is 5.10 Å². The molecule has 4 rings (SSSR count). The molecule has 0 bridgehead atoms. The molecule has 2 aromatic carbocycles. The van der Waals surface area contributed by atoms with Gasteiger partial charge < -0.3 is 9.47 Å². The molecule has 1 fully saturated rings. The molecule has 1 saturated heterocycles. The highest BCUT2D eigenvalue weighted by molar-refractivity contribution is 7.91. The molecule has 7 nitrogen and oxygen atoms in total. The van der Waals surface area contributed by atoms with Gasteiger partial charge in [0.1, 0.15) is 30.4 Å². The normalized spacial score (nSPS) is 21.5. The molecule has 0 N–H and O–H groups in total. The van der Waals surface area contributed by atoms with Gasteiger partial charge in [-0.1, -0.05) is 23.8 Å². The van der Waals surface area contributed by atoms with Crippen LogP contribution in [0.2, 0.25) is 0 Å². The molecule has 164 valence electrons. The fraction of sp³-hybridized carbons (Fsp3) is 0.333. The van der Waals surface area contributed by atoms with Crippen molar-refractivity contribution in [1.29, 1.82) is 0 Å². The SMILES string of the molecule is Cc1ccc(S(=O)(=O)CC[C@@H]2O[C@@H](Cn3cncn3)O[C@@H]2c2ccc(F)cc2F)cc1. The van der Waals surface area contributed by atoms with Gasteiger partial charge >= 0.3 is 0 Å². The lowest BCUT2D eigenvalue weighted by molar-refractivity contribution is -0.0784. The van der Waals surface area contributed by atoms with Crippen LogP contribution in [0.5, 0.6) is 0 Å². The molecule has 31 heavy (non-hydrogen) atoms. The van der Waals surface area contributed by atoms with E-state index in [0.29, 0.717) is 0 Å². The van der Waals surface area contributed by atoms with E-state index in [4.69, 9.17) is 9.47 Å². The lowest BCUT2D eigenvalue weighted by Crippen LogP contribution is -2.22. The van der Waals surface area contributed by atoms with Crippen LogP contribution in [0.3, 0.4) is 0 Å². The average molecular weight is 449 g/mol. The molecule has 0 unspecified atom stereocenters. The molecule has 0 spiro atoms. The molecule has 1 aliphatic rings. The first kappa shape index (κ1) is 21.5. The van der Waals surface area contributed by atoms with E-state index in [0.717, 1.165) is 17.7 Å². The quantitative estimate of drug-likeness (QED) is 0.551. The van der Waals surface area contributed by atoms with Crippen molar-refractivity contribution in [1.82, 2.24) is 14.8 Å². The van der Waals surface area contributed by atoms with E-state index in [1.54, 1.807) is 24.3 Å². The van der Waals surface area contributed by atoms with Gasteiger partial charge in [0.2, 0.25) is 0 Å². The monoisotopic (exact) mass is 449 g/mol. The fourth-order valence-electron chi connectivity index (χ4n) is 3.48. The summed E-state index contributed by atoms with van der Waals surface area (Å²) in [6.45, 7) is 2.07. The Kier molecular flexibility index (Phi) is 6.12. The number of nitrogens with zero attached hydrogens (tertiary/aromatic N) is 3. The molecule has 3 atom stereocenters. The number of rotatable bonds is 7. The van der Waals surface area contributed by atoms with Crippen LogP contribution >= 0.6 is 0 Å². The van der Waals surface area contributed by atoms with Crippen LogP contribution in [0.1, 0.15) is 23.7 Å². The lowest BCUT2D eigenvalue weighted by Gasteiger charge is -2.18. The zero-order valence-corrected chi connectivity index (χ0v) is 17.5. The first-order valence-corrected chi connectivity index (χ1v) is 11.3. The molecular weight excluding hydrogens is 428 g/mol. The van der Waals surface area contributed by atoms with Crippen molar-refractivity contribution in [3.63, 3.8) is 0 Å². The van der Waals surface area contributed by atoms with Gasteiger partial charge in [-0.05, 0) is 31.5 Å². The second kappa shape index (κ2) is 8.81. The van der Waals surface area contributed by atoms with E-state index in [-0.39, 0.29) is 29.2 Å². The van der Waals surface area contributed by atoms with Gasteiger partial charge in [0.25, 0.3) is 0 Å². The van der Waals surface area contributed by atoms with Crippen LogP contribution in [-0.2, 0) is 25.9 Å². The van der Waals surface area contributed by atoms with Crippen LogP contribution in [0, 0.1) is 18.6 Å². The Morgan fingerprint density at radius 1 is 1.10 bits per heavy atom. The van der Waals surface area contributed by atoms with Crippen molar-refractivity contribution in [2.24, 2.45) is 0 Å². The Labute approximate surface area is 178 Å². The Balaban J connectivity index is 1.54. The van der Waals surface area contributed by atoms with E-state index < -0.39 is 40.0 Å². The van der Waals surface area contributed by atoms with Gasteiger partial charge in [0.05, 0.1) is 23.3 Å². The molecule has 10 heteroatoms. The van der Waals surface area contributed by atoms with E-state index in [9.17, 15) is 17.2 Å². The molecule has 0 amide bonds. The smallest absolute Gasteiger partial charge is 0.178 e. The van der Waals surface area contributed by atoms with Crippen molar-refractivity contribution < 1.29 is 26.7 Å². The molecule has 1 aromatic heterocycles. The highest BCUT2D eigenvalue weighted by Gasteiger charge is 2.39. The molecule has 2 heterocycles. The average Bonchev–Trinajstić information content (AvgIpc) is 3.37. The summed E-state index contributed by atoms with van der Waals surface area (Å²) in [5.41, 5.74) is 1.06. The second-order valence-corrected chi connectivity index (χ2v) is 9.47. The zero-order valence-electron chi connectivity index (χ0n) is 16.7. The van der Waals surface area contributed by atoms with Crippen LogP contribution in [-0.4, -0.2) is 41.3 Å². The third kappa shape index (κ3) is 4.97. The van der Waals surface area contributed by atoms with Crippen LogP contribution in [0.15, 0.2) is 60.0 Å². The maximum Gasteiger partial charge on any atom is 0.178 e. The minimum Gasteiger partial charge on any atom is -0.344 e. The molecular formula is C21H21F2N3O4S. The third-order valence-electron chi connectivity index (χ3n) is 5.09. The summed E-state index contributed by atoms with van der Waals surface area (Å²) in [4.78, 5) is 4.06. The van der Waals surface area contributed by atoms with Crippen molar-refractivity contribution in [2.45, 2.75) is 43.3 Å². The summed E-state index contributed by atoms with van der Waals surface area (Å²) in [6, 6.07) is 9.76. The van der Waals surface area contributed by atoms with Gasteiger partial charge in [-0.3, -0.25) is 0 Å². The summed E-state index contributed by atoms with van der Waals surface area (Å²) in [6.07, 6.45) is 0.498. The maximum atomic E-state index is 14.4. The van der Waals surface area contributed by atoms with E-state index in [1.165, 1.54) is 23.4 Å². The lowest BCUT2D eigenvalue weighted by atomic mass is 10.0. The molecule has 0 saturated carbocycles. The maximum absolute atomic E-state index is 14.4. The van der Waals surface area contributed by atoms with Gasteiger partial charge in [-0.25, -0.2) is 26.9 Å². The van der Waals surface area contributed by atoms with Crippen LogP contribution in [0.25, 0.3) is 0 Å². The fourth-order valence-corrected chi connectivity index (χ4v) is 4.80. The highest BCUT2D eigenvalue weighted by atomic mass is 32.2. The standard InChI is InChI=1S/C21H21F2N3O4S/c1-14-2-5-16(6-3-14)31(27,28)9-8-19-21(17-7-4-15(22)10-18(17)23)30-20(29-19)11-26-13-24-12-25-26/h2-7,10,12-13,19-21H,8-9,11H2,1H3/t19-,20+,21+/m0/s1. The Morgan fingerprint density at radius 3 is 2.55 bits per heavy atom. The van der Waals surface area contributed by atoms with Gasteiger partial charge in [0, 0.05) is 11.6 Å². The van der Waals surface area contributed by atoms with Crippen molar-refractivity contribution in [3.05, 3.63) is 77.9 Å². The predicted octanol–water partition coefficient (Wildman–Crippen LogP) is 3.21. The number of sulfone groups is 1. The number of hydrogen-bond donors (Lipinski definition) is 0. The number of benzene rings is 2. The van der Waals surface area contributed by atoms with Crippen molar-refractivity contribution in [2.75, 3.05) is 5.75 Å². The predicted molar refractivity (Wildman–Crippen MR) is 107 cm³/mol. The first-order valence-electron chi connectivity index (χ1n) is 9.69. The number of ether oxygens (including phenoxy) is 2. The van der Waals surface area contributed by atoms with Crippen molar-refractivity contribution >= 4 is 9.84 Å². The summed E-state index contributed by atoms with van der Waals surface area (Å²) in [7, 11) is -3.57. The summed E-state index contributed by atoms with van der Waals surface area (Å²) in [5.74, 6) is -1.70. The molecule has 1 aliphatic heterocycles. The van der Waals surface area contributed by atoms with Crippen LogP contribution in [0.4, 0.5) is 8.78 Å². The topological polar surface area (TPSA) is 83.3 Å². The third-order valence-corrected chi connectivity index (χ3v) is 6.85. The van der Waals surface area contributed by atoms with Crippen molar-refractivity contribution in [3.8, 4) is 0 Å². The van der Waals surface area contributed by atoms with E-state index >= 15 is 0 Å². The Morgan fingerprint density at radius 2 is 1.87 bits per heavy atom. The number of aromatic nitrogens is 3. The van der Waals surface area contributed by atoms with Gasteiger partial charge in [0.15, 0.2) is 16.1 Å². The van der Waals surface area contributed by atoms with E-state index in [2.05, 4.69) is 10.1 Å². The number of halogens is 2. The Hall–Kier alpha value is -2.69.